The molecule has 136 valence electrons. The van der Waals surface area contributed by atoms with Crippen LogP contribution in [0, 0.1) is 6.92 Å². The second-order valence-corrected chi connectivity index (χ2v) is 6.88. The van der Waals surface area contributed by atoms with Gasteiger partial charge in [-0.1, -0.05) is 16.8 Å². The van der Waals surface area contributed by atoms with Crippen LogP contribution in [-0.2, 0) is 13.1 Å². The Bertz CT molecular complexity index is 977. The maximum Gasteiger partial charge on any atom is 0.258 e. The van der Waals surface area contributed by atoms with Gasteiger partial charge in [-0.3, -0.25) is 19.0 Å². The number of pyridine rings is 1. The van der Waals surface area contributed by atoms with E-state index in [4.69, 9.17) is 16.1 Å². The molecule has 1 fully saturated rings. The average molecular weight is 375 g/mol. The van der Waals surface area contributed by atoms with Crippen LogP contribution in [0.25, 0.3) is 5.65 Å². The molecule has 1 saturated heterocycles. The van der Waals surface area contributed by atoms with E-state index in [1.54, 1.807) is 31.3 Å². The fourth-order valence-electron chi connectivity index (χ4n) is 3.15. The third-order valence-electron chi connectivity index (χ3n) is 4.46. The normalized spacial score (nSPS) is 16.4. The number of halogens is 1. The number of aromatic nitrogens is 4. The van der Waals surface area contributed by atoms with Gasteiger partial charge in [0.15, 0.2) is 5.82 Å². The van der Waals surface area contributed by atoms with E-state index in [9.17, 15) is 4.79 Å². The first-order chi connectivity index (χ1) is 12.6. The molecule has 0 atom stereocenters. The summed E-state index contributed by atoms with van der Waals surface area (Å²) in [5.74, 6) is 1.31. The van der Waals surface area contributed by atoms with Crippen molar-refractivity contribution in [3.63, 3.8) is 0 Å². The summed E-state index contributed by atoms with van der Waals surface area (Å²) in [6, 6.07) is 5.08. The van der Waals surface area contributed by atoms with Gasteiger partial charge in [0, 0.05) is 51.9 Å². The van der Waals surface area contributed by atoms with Gasteiger partial charge in [-0.2, -0.15) is 4.98 Å². The number of rotatable bonds is 4. The van der Waals surface area contributed by atoms with Crippen LogP contribution in [-0.4, -0.2) is 55.5 Å². The Morgan fingerprint density at radius 3 is 2.54 bits per heavy atom. The average Bonchev–Trinajstić information content (AvgIpc) is 3.02. The third-order valence-corrected chi connectivity index (χ3v) is 4.69. The molecule has 0 bridgehead atoms. The Balaban J connectivity index is 1.39. The van der Waals surface area contributed by atoms with E-state index in [1.165, 1.54) is 4.40 Å². The zero-order chi connectivity index (χ0) is 18.1. The van der Waals surface area contributed by atoms with Crippen LogP contribution < -0.4 is 5.56 Å². The van der Waals surface area contributed by atoms with E-state index < -0.39 is 0 Å². The van der Waals surface area contributed by atoms with Crippen molar-refractivity contribution in [3.8, 4) is 0 Å². The topological polar surface area (TPSA) is 79.8 Å². The van der Waals surface area contributed by atoms with Gasteiger partial charge in [0.2, 0.25) is 5.89 Å². The van der Waals surface area contributed by atoms with Crippen LogP contribution in [0.5, 0.6) is 0 Å². The number of fused-ring (bicyclic) bond motifs is 1. The van der Waals surface area contributed by atoms with Crippen molar-refractivity contribution in [1.82, 2.24) is 29.3 Å². The van der Waals surface area contributed by atoms with Crippen molar-refractivity contribution in [1.29, 1.82) is 0 Å². The number of nitrogens with zero attached hydrogens (tertiary/aromatic N) is 6. The van der Waals surface area contributed by atoms with E-state index in [1.807, 2.05) is 0 Å². The van der Waals surface area contributed by atoms with Crippen molar-refractivity contribution < 1.29 is 4.52 Å². The standard InChI is InChI=1S/C17H19ClN6O2/c1-12-19-15(21-26-12)11-23-6-4-22(5-7-23)10-14-8-17(25)24-9-13(18)2-3-16(24)20-14/h2-3,8-9H,4-7,10-11H2,1H3. The number of hydrogen-bond acceptors (Lipinski definition) is 7. The van der Waals surface area contributed by atoms with Crippen LogP contribution in [0.15, 0.2) is 33.7 Å². The van der Waals surface area contributed by atoms with E-state index in [-0.39, 0.29) is 5.56 Å². The molecule has 8 nitrogen and oxygen atoms in total. The number of piperazine rings is 1. The van der Waals surface area contributed by atoms with E-state index in [0.29, 0.717) is 29.7 Å². The third kappa shape index (κ3) is 3.77. The highest BCUT2D eigenvalue weighted by molar-refractivity contribution is 6.30. The van der Waals surface area contributed by atoms with Gasteiger partial charge in [0.05, 0.1) is 17.3 Å². The highest BCUT2D eigenvalue weighted by Gasteiger charge is 2.19. The molecule has 9 heteroatoms. The summed E-state index contributed by atoms with van der Waals surface area (Å²) in [5.41, 5.74) is 1.28. The highest BCUT2D eigenvalue weighted by atomic mass is 35.5. The molecule has 0 spiro atoms. The van der Waals surface area contributed by atoms with Crippen LogP contribution in [0.1, 0.15) is 17.4 Å². The molecule has 26 heavy (non-hydrogen) atoms. The summed E-state index contributed by atoms with van der Waals surface area (Å²) in [6.45, 7) is 6.77. The predicted molar refractivity (Wildman–Crippen MR) is 96.1 cm³/mol. The zero-order valence-corrected chi connectivity index (χ0v) is 15.2. The molecule has 1 aliphatic heterocycles. The SMILES string of the molecule is Cc1nc(CN2CCN(Cc3cc(=O)n4cc(Cl)ccc4n3)CC2)no1. The first-order valence-corrected chi connectivity index (χ1v) is 8.86. The van der Waals surface area contributed by atoms with Crippen LogP contribution in [0.3, 0.4) is 0 Å². The lowest BCUT2D eigenvalue weighted by Crippen LogP contribution is -2.45. The molecule has 0 saturated carbocycles. The minimum atomic E-state index is -0.112. The molecule has 3 aromatic rings. The van der Waals surface area contributed by atoms with Gasteiger partial charge in [0.1, 0.15) is 5.65 Å². The molecule has 1 aliphatic rings. The number of hydrogen-bond donors (Lipinski definition) is 0. The van der Waals surface area contributed by atoms with Crippen LogP contribution in [0.2, 0.25) is 5.02 Å². The van der Waals surface area contributed by atoms with Crippen molar-refractivity contribution >= 4 is 17.2 Å². The Morgan fingerprint density at radius 2 is 1.85 bits per heavy atom. The zero-order valence-electron chi connectivity index (χ0n) is 14.4. The van der Waals surface area contributed by atoms with Crippen molar-refractivity contribution in [2.24, 2.45) is 0 Å². The Morgan fingerprint density at radius 1 is 1.12 bits per heavy atom. The Hall–Kier alpha value is -2.29. The quantitative estimate of drug-likeness (QED) is 0.682. The largest absolute Gasteiger partial charge is 0.340 e. The minimum absolute atomic E-state index is 0.112. The van der Waals surface area contributed by atoms with Crippen molar-refractivity contribution in [2.45, 2.75) is 20.0 Å². The van der Waals surface area contributed by atoms with Gasteiger partial charge in [0.25, 0.3) is 5.56 Å². The summed E-state index contributed by atoms with van der Waals surface area (Å²) >= 11 is 5.94. The van der Waals surface area contributed by atoms with E-state index in [2.05, 4.69) is 24.9 Å². The fourth-order valence-corrected chi connectivity index (χ4v) is 3.31. The smallest absolute Gasteiger partial charge is 0.258 e. The first kappa shape index (κ1) is 17.1. The molecule has 0 N–H and O–H groups in total. The lowest BCUT2D eigenvalue weighted by molar-refractivity contribution is 0.118. The molecule has 0 unspecified atom stereocenters. The summed E-state index contributed by atoms with van der Waals surface area (Å²) < 4.78 is 6.48. The van der Waals surface area contributed by atoms with Gasteiger partial charge < -0.3 is 4.52 Å². The van der Waals surface area contributed by atoms with E-state index in [0.717, 1.165) is 37.7 Å². The highest BCUT2D eigenvalue weighted by Crippen LogP contribution is 2.11. The maximum atomic E-state index is 12.3. The summed E-state index contributed by atoms with van der Waals surface area (Å²) in [5, 5.41) is 4.46. The molecule has 4 rings (SSSR count). The van der Waals surface area contributed by atoms with Crippen LogP contribution >= 0.6 is 11.6 Å². The second-order valence-electron chi connectivity index (χ2n) is 6.44. The molecular weight excluding hydrogens is 356 g/mol. The molecule has 0 radical (unpaired) electrons. The Kier molecular flexibility index (Phi) is 4.71. The lowest BCUT2D eigenvalue weighted by Gasteiger charge is -2.33. The predicted octanol–water partition coefficient (Wildman–Crippen LogP) is 1.36. The molecule has 0 amide bonds. The number of aryl methyl sites for hydroxylation is 1. The lowest BCUT2D eigenvalue weighted by atomic mass is 10.2. The van der Waals surface area contributed by atoms with Crippen molar-refractivity contribution in [2.75, 3.05) is 26.2 Å². The van der Waals surface area contributed by atoms with Crippen molar-refractivity contribution in [3.05, 3.63) is 57.2 Å². The van der Waals surface area contributed by atoms with E-state index >= 15 is 0 Å². The minimum Gasteiger partial charge on any atom is -0.340 e. The summed E-state index contributed by atoms with van der Waals surface area (Å²) in [7, 11) is 0. The second kappa shape index (κ2) is 7.14. The maximum absolute atomic E-state index is 12.3. The van der Waals surface area contributed by atoms with Gasteiger partial charge in [-0.25, -0.2) is 4.98 Å². The van der Waals surface area contributed by atoms with Crippen LogP contribution in [0.4, 0.5) is 0 Å². The molecular formula is C17H19ClN6O2. The molecule has 0 aliphatic carbocycles. The molecule has 3 aromatic heterocycles. The first-order valence-electron chi connectivity index (χ1n) is 8.48. The summed E-state index contributed by atoms with van der Waals surface area (Å²) in [6.07, 6.45) is 1.59. The van der Waals surface area contributed by atoms with Gasteiger partial charge in [-0.15, -0.1) is 0 Å². The monoisotopic (exact) mass is 374 g/mol. The fraction of sp³-hybridized carbons (Fsp3) is 0.412. The van der Waals surface area contributed by atoms with Gasteiger partial charge in [-0.05, 0) is 12.1 Å². The van der Waals surface area contributed by atoms with Gasteiger partial charge >= 0.3 is 0 Å². The Labute approximate surface area is 155 Å². The molecule has 4 heterocycles. The summed E-state index contributed by atoms with van der Waals surface area (Å²) in [4.78, 5) is 25.7. The molecule has 0 aromatic carbocycles.